The van der Waals surface area contributed by atoms with Crippen molar-refractivity contribution in [1.82, 2.24) is 5.06 Å². The Labute approximate surface area is 102 Å². The molecule has 3 nitrogen and oxygen atoms in total. The third-order valence-corrected chi connectivity index (χ3v) is 2.99. The molecule has 2 rings (SSSR count). The normalized spacial score (nSPS) is 15.9. The van der Waals surface area contributed by atoms with Gasteiger partial charge in [-0.1, -0.05) is 29.8 Å². The summed E-state index contributed by atoms with van der Waals surface area (Å²) in [5, 5.41) is 1.53. The van der Waals surface area contributed by atoms with Gasteiger partial charge in [0.15, 0.2) is 0 Å². The molecule has 0 atom stereocenters. The molecule has 1 fully saturated rings. The molecule has 0 unspecified atom stereocenters. The Morgan fingerprint density at radius 2 is 2.29 bits per heavy atom. The summed E-state index contributed by atoms with van der Waals surface area (Å²) < 4.78 is 0. The third-order valence-electron chi connectivity index (χ3n) is 2.99. The Kier molecular flexibility index (Phi) is 4.15. The van der Waals surface area contributed by atoms with Gasteiger partial charge in [-0.15, -0.1) is 0 Å². The fourth-order valence-corrected chi connectivity index (χ4v) is 2.04. The van der Waals surface area contributed by atoms with Gasteiger partial charge in [0.2, 0.25) is 5.91 Å². The fraction of sp³-hybridized carbons (Fsp3) is 0.500. The summed E-state index contributed by atoms with van der Waals surface area (Å²) in [6, 6.07) is 8.30. The van der Waals surface area contributed by atoms with E-state index in [1.807, 2.05) is 6.07 Å². The summed E-state index contributed by atoms with van der Waals surface area (Å²) in [6.07, 6.45) is 3.43. The van der Waals surface area contributed by atoms with Gasteiger partial charge in [-0.3, -0.25) is 9.63 Å². The maximum Gasteiger partial charge on any atom is 0.246 e. The average Bonchev–Trinajstić information content (AvgIpc) is 2.37. The van der Waals surface area contributed by atoms with Gasteiger partial charge < -0.3 is 0 Å². The van der Waals surface area contributed by atoms with Crippen molar-refractivity contribution in [2.75, 3.05) is 13.2 Å². The van der Waals surface area contributed by atoms with Crippen molar-refractivity contribution in [3.63, 3.8) is 0 Å². The van der Waals surface area contributed by atoms with Crippen LogP contribution in [0.3, 0.4) is 0 Å². The number of amides is 1. The number of nitrogens with zero attached hydrogens (tertiary/aromatic N) is 1. The number of aryl methyl sites for hydroxylation is 2. The quantitative estimate of drug-likeness (QED) is 0.802. The molecule has 0 saturated carbocycles. The Bertz CT molecular complexity index is 384. The number of carbonyl (C=O) groups is 1. The second kappa shape index (κ2) is 5.82. The van der Waals surface area contributed by atoms with E-state index in [0.717, 1.165) is 25.8 Å². The molecule has 1 saturated heterocycles. The summed E-state index contributed by atoms with van der Waals surface area (Å²) in [5.41, 5.74) is 2.46. The first-order valence-electron chi connectivity index (χ1n) is 6.24. The van der Waals surface area contributed by atoms with E-state index in [2.05, 4.69) is 25.1 Å². The van der Waals surface area contributed by atoms with Crippen LogP contribution in [0.1, 0.15) is 30.4 Å². The molecule has 1 aliphatic rings. The van der Waals surface area contributed by atoms with Crippen LogP contribution in [0.2, 0.25) is 0 Å². The molecular weight excluding hydrogens is 214 g/mol. The zero-order chi connectivity index (χ0) is 12.1. The monoisotopic (exact) mass is 233 g/mol. The fourth-order valence-electron chi connectivity index (χ4n) is 2.04. The lowest BCUT2D eigenvalue weighted by Gasteiger charge is -2.25. The minimum absolute atomic E-state index is 0.103. The predicted molar refractivity (Wildman–Crippen MR) is 66.4 cm³/mol. The van der Waals surface area contributed by atoms with Crippen LogP contribution in [0.15, 0.2) is 24.3 Å². The van der Waals surface area contributed by atoms with Gasteiger partial charge in [0.05, 0.1) is 6.61 Å². The van der Waals surface area contributed by atoms with Crippen LogP contribution in [0.25, 0.3) is 0 Å². The molecule has 17 heavy (non-hydrogen) atoms. The standard InChI is InChI=1S/C14H19NO2/c1-12-5-4-6-13(11-12)7-8-14(16)15-9-2-3-10-17-15/h4-6,11H,2-3,7-10H2,1H3. The van der Waals surface area contributed by atoms with Gasteiger partial charge in [0.25, 0.3) is 0 Å². The minimum Gasteiger partial charge on any atom is -0.273 e. The molecule has 0 aromatic heterocycles. The first-order valence-corrected chi connectivity index (χ1v) is 6.24. The molecule has 0 spiro atoms. The number of hydrogen-bond acceptors (Lipinski definition) is 2. The maximum absolute atomic E-state index is 11.9. The van der Waals surface area contributed by atoms with Crippen LogP contribution in [0.5, 0.6) is 0 Å². The molecule has 1 aromatic carbocycles. The number of carbonyl (C=O) groups excluding carboxylic acids is 1. The number of hydrogen-bond donors (Lipinski definition) is 0. The smallest absolute Gasteiger partial charge is 0.246 e. The molecule has 3 heteroatoms. The molecule has 0 bridgehead atoms. The van der Waals surface area contributed by atoms with Crippen LogP contribution in [-0.2, 0) is 16.1 Å². The van der Waals surface area contributed by atoms with E-state index in [9.17, 15) is 4.79 Å². The van der Waals surface area contributed by atoms with Gasteiger partial charge in [0.1, 0.15) is 0 Å². The van der Waals surface area contributed by atoms with Crippen molar-refractivity contribution < 1.29 is 9.63 Å². The lowest BCUT2D eigenvalue weighted by molar-refractivity contribution is -0.197. The highest BCUT2D eigenvalue weighted by Gasteiger charge is 2.17. The van der Waals surface area contributed by atoms with Gasteiger partial charge in [-0.2, -0.15) is 0 Å². The lowest BCUT2D eigenvalue weighted by atomic mass is 10.1. The van der Waals surface area contributed by atoms with Crippen LogP contribution in [0, 0.1) is 6.92 Å². The molecule has 0 N–H and O–H groups in total. The largest absolute Gasteiger partial charge is 0.273 e. The molecule has 92 valence electrons. The molecule has 1 aliphatic heterocycles. The second-order valence-electron chi connectivity index (χ2n) is 4.53. The summed E-state index contributed by atoms with van der Waals surface area (Å²) in [6.45, 7) is 3.49. The zero-order valence-corrected chi connectivity index (χ0v) is 10.3. The summed E-state index contributed by atoms with van der Waals surface area (Å²) >= 11 is 0. The molecule has 1 amide bonds. The lowest BCUT2D eigenvalue weighted by Crippen LogP contribution is -2.35. The van der Waals surface area contributed by atoms with Crippen molar-refractivity contribution in [2.24, 2.45) is 0 Å². The van der Waals surface area contributed by atoms with E-state index in [1.165, 1.54) is 16.2 Å². The van der Waals surface area contributed by atoms with Gasteiger partial charge in [-0.25, -0.2) is 5.06 Å². The van der Waals surface area contributed by atoms with Gasteiger partial charge >= 0.3 is 0 Å². The van der Waals surface area contributed by atoms with E-state index in [-0.39, 0.29) is 5.91 Å². The molecular formula is C14H19NO2. The van der Waals surface area contributed by atoms with Crippen LogP contribution in [-0.4, -0.2) is 24.1 Å². The number of benzene rings is 1. The molecule has 1 aromatic rings. The van der Waals surface area contributed by atoms with E-state index in [1.54, 1.807) is 0 Å². The first kappa shape index (κ1) is 12.1. The van der Waals surface area contributed by atoms with Crippen LogP contribution in [0.4, 0.5) is 0 Å². The second-order valence-corrected chi connectivity index (χ2v) is 4.53. The SMILES string of the molecule is Cc1cccc(CCC(=O)N2CCCCO2)c1. The van der Waals surface area contributed by atoms with Crippen molar-refractivity contribution in [3.05, 3.63) is 35.4 Å². The van der Waals surface area contributed by atoms with Crippen LogP contribution >= 0.6 is 0 Å². The Balaban J connectivity index is 1.83. The molecule has 0 aliphatic carbocycles. The van der Waals surface area contributed by atoms with E-state index < -0.39 is 0 Å². The summed E-state index contributed by atoms with van der Waals surface area (Å²) in [7, 11) is 0. The summed E-state index contributed by atoms with van der Waals surface area (Å²) in [5.74, 6) is 0.103. The van der Waals surface area contributed by atoms with Crippen molar-refractivity contribution >= 4 is 5.91 Å². The summed E-state index contributed by atoms with van der Waals surface area (Å²) in [4.78, 5) is 17.2. The Hall–Kier alpha value is -1.35. The highest BCUT2D eigenvalue weighted by molar-refractivity contribution is 5.75. The number of rotatable bonds is 3. The highest BCUT2D eigenvalue weighted by atomic mass is 16.7. The molecule has 1 heterocycles. The zero-order valence-electron chi connectivity index (χ0n) is 10.3. The minimum atomic E-state index is 0.103. The van der Waals surface area contributed by atoms with Gasteiger partial charge in [0, 0.05) is 13.0 Å². The van der Waals surface area contributed by atoms with Gasteiger partial charge in [-0.05, 0) is 31.7 Å². The van der Waals surface area contributed by atoms with Crippen molar-refractivity contribution in [2.45, 2.75) is 32.6 Å². The number of hydroxylamine groups is 2. The average molecular weight is 233 g/mol. The maximum atomic E-state index is 11.9. The van der Waals surface area contributed by atoms with Crippen molar-refractivity contribution in [1.29, 1.82) is 0 Å². The van der Waals surface area contributed by atoms with Crippen molar-refractivity contribution in [3.8, 4) is 0 Å². The Morgan fingerprint density at radius 3 is 3.00 bits per heavy atom. The predicted octanol–water partition coefficient (Wildman–Crippen LogP) is 2.48. The van der Waals surface area contributed by atoms with Crippen LogP contribution < -0.4 is 0 Å². The van der Waals surface area contributed by atoms with E-state index in [4.69, 9.17) is 4.84 Å². The topological polar surface area (TPSA) is 29.5 Å². The molecule has 0 radical (unpaired) electrons. The van der Waals surface area contributed by atoms with E-state index >= 15 is 0 Å². The first-order chi connectivity index (χ1) is 8.25. The Morgan fingerprint density at radius 1 is 1.41 bits per heavy atom. The third kappa shape index (κ3) is 3.56. The van der Waals surface area contributed by atoms with E-state index in [0.29, 0.717) is 13.0 Å². The highest BCUT2D eigenvalue weighted by Crippen LogP contribution is 2.11.